The molecule has 10 rings (SSSR count). The summed E-state index contributed by atoms with van der Waals surface area (Å²) in [6.07, 6.45) is 6.31. The summed E-state index contributed by atoms with van der Waals surface area (Å²) in [5.74, 6) is 0. The average Bonchev–Trinajstić information content (AvgIpc) is 3.83. The van der Waals surface area contributed by atoms with E-state index in [9.17, 15) is 0 Å². The first kappa shape index (κ1) is 38.7. The van der Waals surface area contributed by atoms with Crippen LogP contribution in [0.4, 0.5) is 0 Å². The molecule has 0 atom stereocenters. The number of rotatable bonds is 2. The minimum absolute atomic E-state index is 0. The Bertz CT molecular complexity index is 2590. The Balaban J connectivity index is 0.000000162. The molecule has 0 fully saturated rings. The van der Waals surface area contributed by atoms with Gasteiger partial charge in [0, 0.05) is 0 Å². The summed E-state index contributed by atoms with van der Waals surface area (Å²) in [5, 5.41) is 15.8. The van der Waals surface area contributed by atoms with Crippen LogP contribution in [-0.4, -0.2) is 16.0 Å². The van der Waals surface area contributed by atoms with Crippen LogP contribution in [0.15, 0.2) is 170 Å². The minimum atomic E-state index is 0. The summed E-state index contributed by atoms with van der Waals surface area (Å²) >= 11 is 0. The van der Waals surface area contributed by atoms with Gasteiger partial charge in [0.25, 0.3) is 0 Å². The molecule has 0 amide bonds. The molecule has 2 radical (unpaired) electrons. The van der Waals surface area contributed by atoms with Crippen molar-refractivity contribution in [1.82, 2.24) is 0 Å². The van der Waals surface area contributed by atoms with E-state index in [-0.39, 0.29) is 26.2 Å². The van der Waals surface area contributed by atoms with Crippen LogP contribution in [-0.2, 0) is 26.2 Å². The fraction of sp³-hybridized carbons (Fsp3) is 0.0769. The quantitative estimate of drug-likeness (QED) is 0.0930. The zero-order valence-corrected chi connectivity index (χ0v) is 34.8. The Kier molecular flexibility index (Phi) is 12.5. The van der Waals surface area contributed by atoms with E-state index in [1.165, 1.54) is 98.0 Å². The van der Waals surface area contributed by atoms with E-state index in [4.69, 9.17) is 0 Å². The molecule has 0 aliphatic carbocycles. The third-order valence-corrected chi connectivity index (χ3v) is 9.83. The van der Waals surface area contributed by atoms with E-state index in [2.05, 4.69) is 200 Å². The molecule has 0 spiro atoms. The first-order chi connectivity index (χ1) is 26.0. The van der Waals surface area contributed by atoms with Crippen LogP contribution in [0.5, 0.6) is 0 Å². The molecular formula is C52H42SiZr. The van der Waals surface area contributed by atoms with Crippen LogP contribution in [0.1, 0.15) is 25.0 Å². The summed E-state index contributed by atoms with van der Waals surface area (Å²) < 4.78 is 0. The zero-order chi connectivity index (χ0) is 36.9. The molecule has 0 aromatic heterocycles. The zero-order valence-electron chi connectivity index (χ0n) is 31.3. The topological polar surface area (TPSA) is 0 Å². The number of benzene rings is 8. The summed E-state index contributed by atoms with van der Waals surface area (Å²) in [5.41, 5.74) is 7.88. The molecule has 2 heteroatoms. The monoisotopic (exact) mass is 784 g/mol. The van der Waals surface area contributed by atoms with E-state index < -0.39 is 0 Å². The Morgan fingerprint density at radius 1 is 0.426 bits per heavy atom. The third-order valence-electron chi connectivity index (χ3n) is 9.83. The Morgan fingerprint density at radius 2 is 0.759 bits per heavy atom. The Labute approximate surface area is 342 Å². The van der Waals surface area contributed by atoms with Crippen molar-refractivity contribution in [2.75, 3.05) is 0 Å². The smallest absolute Gasteiger partial charge is 0.530 e. The first-order valence-corrected chi connectivity index (χ1v) is 18.8. The summed E-state index contributed by atoms with van der Waals surface area (Å²) in [4.78, 5) is 0. The van der Waals surface area contributed by atoms with Crippen molar-refractivity contribution in [3.8, 4) is 22.3 Å². The molecule has 0 saturated heterocycles. The second-order valence-corrected chi connectivity index (χ2v) is 13.7. The fourth-order valence-electron chi connectivity index (χ4n) is 7.66. The number of fused-ring (bicyclic) bond motifs is 8. The van der Waals surface area contributed by atoms with Crippen molar-refractivity contribution in [2.45, 2.75) is 27.7 Å². The van der Waals surface area contributed by atoms with Crippen LogP contribution in [0, 0.1) is 20.3 Å². The van der Waals surface area contributed by atoms with Gasteiger partial charge in [-0.2, -0.15) is 13.8 Å². The van der Waals surface area contributed by atoms with Gasteiger partial charge in [0.15, 0.2) is 0 Å². The van der Waals surface area contributed by atoms with Crippen LogP contribution in [0.25, 0.3) is 86.9 Å². The maximum Gasteiger partial charge on any atom is 4.00 e. The Morgan fingerprint density at radius 3 is 1.15 bits per heavy atom. The molecule has 0 aliphatic rings. The molecule has 0 bridgehead atoms. The van der Waals surface area contributed by atoms with Crippen molar-refractivity contribution >= 4 is 80.7 Å². The third kappa shape index (κ3) is 7.78. The van der Waals surface area contributed by atoms with Crippen LogP contribution < -0.4 is 0 Å². The van der Waals surface area contributed by atoms with Crippen molar-refractivity contribution < 1.29 is 26.2 Å². The summed E-state index contributed by atoms with van der Waals surface area (Å²) in [6, 6.07) is 61.9. The molecule has 54 heavy (non-hydrogen) atoms. The van der Waals surface area contributed by atoms with Crippen molar-refractivity contribution in [1.29, 1.82) is 0 Å². The average molecular weight is 786 g/mol. The van der Waals surface area contributed by atoms with Crippen LogP contribution in [0.2, 0.25) is 0 Å². The van der Waals surface area contributed by atoms with E-state index in [1.54, 1.807) is 0 Å². The van der Waals surface area contributed by atoms with Crippen molar-refractivity contribution in [3.05, 3.63) is 187 Å². The van der Waals surface area contributed by atoms with E-state index >= 15 is 0 Å². The van der Waals surface area contributed by atoms with Gasteiger partial charge in [-0.1, -0.05) is 156 Å². The van der Waals surface area contributed by atoms with Crippen molar-refractivity contribution in [3.63, 3.8) is 0 Å². The van der Waals surface area contributed by atoms with Crippen LogP contribution in [0.3, 0.4) is 0 Å². The van der Waals surface area contributed by atoms with E-state index in [0.29, 0.717) is 0 Å². The number of hydrogen-bond donors (Lipinski definition) is 0. The number of aryl methyl sites for hydroxylation is 2. The van der Waals surface area contributed by atoms with Gasteiger partial charge in [0.2, 0.25) is 0 Å². The van der Waals surface area contributed by atoms with E-state index in [0.717, 1.165) is 0 Å². The standard InChI is InChI=1S/2C24H17.C3H7.CHSi.Zr/c2*1-16-12-20-11-10-17-6-4-5-9-22(17)24(20)23(13-16)21-14-18-7-2-3-8-19(18)15-21;1-3-2;1-2;/h2*2-15H,1H3;3H,1-2H3;1H;/q4*-1;+4. The van der Waals surface area contributed by atoms with Crippen molar-refractivity contribution in [2.24, 2.45) is 0 Å². The maximum atomic E-state index is 4.31. The normalized spacial score (nSPS) is 10.7. The molecule has 10 aromatic carbocycles. The number of hydrogen-bond acceptors (Lipinski definition) is 0. The molecule has 0 saturated carbocycles. The van der Waals surface area contributed by atoms with Gasteiger partial charge in [0.05, 0.1) is 0 Å². The van der Waals surface area contributed by atoms with Gasteiger partial charge in [-0.25, -0.2) is 0 Å². The van der Waals surface area contributed by atoms with Gasteiger partial charge in [0.1, 0.15) is 0 Å². The summed E-state index contributed by atoms with van der Waals surface area (Å²) in [7, 11) is 2.47. The molecular weight excluding hydrogens is 744 g/mol. The molecule has 10 aromatic rings. The predicted octanol–water partition coefficient (Wildman–Crippen LogP) is 14.4. The minimum Gasteiger partial charge on any atom is -0.530 e. The summed E-state index contributed by atoms with van der Waals surface area (Å²) in [6.45, 7) is 8.36. The fourth-order valence-corrected chi connectivity index (χ4v) is 7.66. The second kappa shape index (κ2) is 17.4. The van der Waals surface area contributed by atoms with Crippen LogP contribution >= 0.6 is 0 Å². The Hall–Kier alpha value is -5.01. The first-order valence-electron chi connectivity index (χ1n) is 18.2. The largest absolute Gasteiger partial charge is 4.00 e. The van der Waals surface area contributed by atoms with Gasteiger partial charge in [-0.05, 0) is 56.9 Å². The van der Waals surface area contributed by atoms with Gasteiger partial charge < -0.3 is 12.6 Å². The molecule has 258 valence electrons. The molecule has 0 nitrogen and oxygen atoms in total. The van der Waals surface area contributed by atoms with Gasteiger partial charge >= 0.3 is 26.2 Å². The van der Waals surface area contributed by atoms with E-state index in [1.807, 2.05) is 20.3 Å². The molecule has 0 aliphatic heterocycles. The second-order valence-electron chi connectivity index (χ2n) is 13.7. The predicted molar refractivity (Wildman–Crippen MR) is 237 cm³/mol. The SMILES string of the molecule is C[CH-]C.Cc1cc(-c2cc3ccccc3[cH-]2)c2c(ccc3ccccc32)c1.Cc1cc(-c2cc3ccccc3[cH-]2)c2c(ccc3ccccc32)c1.[CH-]=[Si].[Zr+4]. The maximum absolute atomic E-state index is 4.31. The molecule has 0 N–H and O–H groups in total. The van der Waals surface area contributed by atoms with Gasteiger partial charge in [-0.3, -0.25) is 9.85 Å². The molecule has 0 heterocycles. The molecule has 0 unspecified atom stereocenters. The van der Waals surface area contributed by atoms with Gasteiger partial charge in [-0.15, -0.1) is 69.1 Å².